The minimum Gasteiger partial charge on any atom is -0.465 e. The number of fused-ring (bicyclic) bond motifs is 3. The van der Waals surface area contributed by atoms with Crippen molar-refractivity contribution in [2.75, 3.05) is 11.4 Å². The van der Waals surface area contributed by atoms with Crippen LogP contribution in [0.15, 0.2) is 64.3 Å². The Kier molecular flexibility index (Phi) is 4.28. The van der Waals surface area contributed by atoms with E-state index in [4.69, 9.17) is 9.36 Å². The highest BCUT2D eigenvalue weighted by molar-refractivity contribution is 6.12. The van der Waals surface area contributed by atoms with Crippen LogP contribution in [-0.2, 0) is 16.8 Å². The van der Waals surface area contributed by atoms with Gasteiger partial charge in [-0.05, 0) is 6.07 Å². The van der Waals surface area contributed by atoms with E-state index in [1.807, 2.05) is 0 Å². The van der Waals surface area contributed by atoms with Crippen molar-refractivity contribution in [3.8, 4) is 11.3 Å². The molecule has 0 fully saturated rings. The third-order valence-electron chi connectivity index (χ3n) is 5.50. The van der Waals surface area contributed by atoms with Crippen LogP contribution in [0.3, 0.4) is 0 Å². The minimum absolute atomic E-state index is 0.117. The smallest absolute Gasteiger partial charge is 0.422 e. The number of halogens is 3. The number of aliphatic hydroxyl groups is 1. The van der Waals surface area contributed by atoms with Crippen LogP contribution in [0, 0.1) is 5.92 Å². The molecule has 1 aromatic heterocycles. The van der Waals surface area contributed by atoms with E-state index in [9.17, 15) is 28.2 Å². The molecule has 2 aromatic carbocycles. The van der Waals surface area contributed by atoms with Crippen molar-refractivity contribution in [2.24, 2.45) is 11.1 Å². The minimum atomic E-state index is -4.96. The molecule has 5 rings (SSSR count). The molecule has 2 aliphatic rings. The number of hydrogen-bond donors (Lipinski definition) is 2. The number of hydrogen-bond acceptors (Lipinski definition) is 6. The molecule has 8 nitrogen and oxygen atoms in total. The predicted molar refractivity (Wildman–Crippen MR) is 104 cm³/mol. The Morgan fingerprint density at radius 1 is 1.12 bits per heavy atom. The molecule has 0 aliphatic carbocycles. The summed E-state index contributed by atoms with van der Waals surface area (Å²) in [7, 11) is 0. The third-order valence-corrected chi connectivity index (χ3v) is 5.50. The molecule has 164 valence electrons. The zero-order valence-electron chi connectivity index (χ0n) is 16.1. The lowest BCUT2D eigenvalue weighted by atomic mass is 9.83. The fourth-order valence-corrected chi connectivity index (χ4v) is 4.06. The SMILES string of the molecule is O=C(O)N1CC2C(=NOC2(O)c2onc(-c3ccccc3)c2C(F)(F)F)c2ccccc21. The van der Waals surface area contributed by atoms with Gasteiger partial charge < -0.3 is 19.6 Å². The van der Waals surface area contributed by atoms with E-state index in [-0.39, 0.29) is 17.0 Å². The van der Waals surface area contributed by atoms with Crippen molar-refractivity contribution in [3.63, 3.8) is 0 Å². The second-order valence-electron chi connectivity index (χ2n) is 7.33. The summed E-state index contributed by atoms with van der Waals surface area (Å²) < 4.78 is 47.3. The van der Waals surface area contributed by atoms with Gasteiger partial charge in [0, 0.05) is 17.7 Å². The molecule has 2 unspecified atom stereocenters. The summed E-state index contributed by atoms with van der Waals surface area (Å²) in [6, 6.07) is 13.8. The number of rotatable bonds is 2. The Labute approximate surface area is 178 Å². The number of alkyl halides is 3. The van der Waals surface area contributed by atoms with Crippen LogP contribution in [0.4, 0.5) is 23.7 Å². The van der Waals surface area contributed by atoms with Crippen molar-refractivity contribution >= 4 is 17.5 Å². The second kappa shape index (κ2) is 6.82. The lowest BCUT2D eigenvalue weighted by Crippen LogP contribution is -2.49. The van der Waals surface area contributed by atoms with Crippen LogP contribution in [0.5, 0.6) is 0 Å². The number of carboxylic acid groups (broad SMARTS) is 1. The van der Waals surface area contributed by atoms with Crippen LogP contribution < -0.4 is 4.90 Å². The lowest BCUT2D eigenvalue weighted by Gasteiger charge is -2.34. The molecule has 11 heteroatoms. The fourth-order valence-electron chi connectivity index (χ4n) is 4.06. The van der Waals surface area contributed by atoms with Gasteiger partial charge in [0.2, 0.25) is 5.76 Å². The van der Waals surface area contributed by atoms with Gasteiger partial charge in [-0.2, -0.15) is 13.2 Å². The van der Waals surface area contributed by atoms with Crippen LogP contribution in [-0.4, -0.2) is 33.7 Å². The topological polar surface area (TPSA) is 108 Å². The van der Waals surface area contributed by atoms with Gasteiger partial charge in [-0.15, -0.1) is 0 Å². The molecular weight excluding hydrogens is 431 g/mol. The molecule has 3 aromatic rings. The van der Waals surface area contributed by atoms with Gasteiger partial charge in [0.05, 0.1) is 11.6 Å². The molecule has 0 radical (unpaired) electrons. The highest BCUT2D eigenvalue weighted by atomic mass is 19.4. The van der Waals surface area contributed by atoms with Crippen LogP contribution in [0.2, 0.25) is 0 Å². The molecule has 32 heavy (non-hydrogen) atoms. The van der Waals surface area contributed by atoms with Gasteiger partial charge in [-0.25, -0.2) is 4.79 Å². The summed E-state index contributed by atoms with van der Waals surface area (Å²) in [5.41, 5.74) is -1.00. The first-order valence-electron chi connectivity index (χ1n) is 9.43. The Morgan fingerprint density at radius 3 is 2.50 bits per heavy atom. The molecule has 1 amide bonds. The number of oxime groups is 1. The quantitative estimate of drug-likeness (QED) is 0.616. The van der Waals surface area contributed by atoms with E-state index < -0.39 is 47.5 Å². The number of benzene rings is 2. The summed E-state index contributed by atoms with van der Waals surface area (Å²) in [5.74, 6) is -5.00. The van der Waals surface area contributed by atoms with Crippen molar-refractivity contribution in [3.05, 3.63) is 71.5 Å². The highest BCUT2D eigenvalue weighted by Crippen LogP contribution is 2.50. The van der Waals surface area contributed by atoms with Gasteiger partial charge in [0.25, 0.3) is 0 Å². The van der Waals surface area contributed by atoms with E-state index in [1.165, 1.54) is 30.3 Å². The van der Waals surface area contributed by atoms with Crippen molar-refractivity contribution in [2.45, 2.75) is 12.0 Å². The fraction of sp³-hybridized carbons (Fsp3) is 0.190. The molecular formula is C21H14F3N3O5. The molecule has 0 spiro atoms. The van der Waals surface area contributed by atoms with Crippen molar-refractivity contribution in [1.82, 2.24) is 5.16 Å². The van der Waals surface area contributed by atoms with Gasteiger partial charge in [0.1, 0.15) is 17.0 Å². The van der Waals surface area contributed by atoms with Crippen molar-refractivity contribution < 1.29 is 37.5 Å². The Balaban J connectivity index is 1.66. The predicted octanol–water partition coefficient (Wildman–Crippen LogP) is 4.05. The van der Waals surface area contributed by atoms with Crippen LogP contribution >= 0.6 is 0 Å². The average Bonchev–Trinajstić information content (AvgIpc) is 3.37. The number of amides is 1. The summed E-state index contributed by atoms with van der Waals surface area (Å²) >= 11 is 0. The Bertz CT molecular complexity index is 1240. The zero-order valence-corrected chi connectivity index (χ0v) is 16.1. The van der Waals surface area contributed by atoms with E-state index in [2.05, 4.69) is 10.3 Å². The molecule has 2 aliphatic heterocycles. The number of nitrogens with zero attached hydrogens (tertiary/aromatic N) is 3. The Morgan fingerprint density at radius 2 is 1.81 bits per heavy atom. The summed E-state index contributed by atoms with van der Waals surface area (Å²) in [5, 5.41) is 28.3. The number of anilines is 1. The third kappa shape index (κ3) is 2.85. The maximum atomic E-state index is 14.1. The molecule has 2 N–H and O–H groups in total. The van der Waals surface area contributed by atoms with Gasteiger partial charge in [-0.3, -0.25) is 4.90 Å². The highest BCUT2D eigenvalue weighted by Gasteiger charge is 2.60. The first-order valence-corrected chi connectivity index (χ1v) is 9.43. The summed E-state index contributed by atoms with van der Waals surface area (Å²) in [6.45, 7) is -0.402. The van der Waals surface area contributed by atoms with E-state index in [1.54, 1.807) is 24.3 Å². The standard InChI is InChI=1S/C21H14F3N3O5/c22-21(23,24)15-16(11-6-2-1-3-7-11)25-31-18(15)20(30)13-10-27(19(28)29)14-9-5-4-8-12(14)17(13)26-32-20/h1-9,13,30H,10H2,(H,28,29). The Hall–Kier alpha value is -3.86. The van der Waals surface area contributed by atoms with Crippen molar-refractivity contribution in [1.29, 1.82) is 0 Å². The average molecular weight is 445 g/mol. The van der Waals surface area contributed by atoms with Gasteiger partial charge >= 0.3 is 18.1 Å². The van der Waals surface area contributed by atoms with Gasteiger partial charge in [-0.1, -0.05) is 58.8 Å². The largest absolute Gasteiger partial charge is 0.465 e. The van der Waals surface area contributed by atoms with Gasteiger partial charge in [0.15, 0.2) is 0 Å². The normalized spacial score (nSPS) is 22.1. The monoisotopic (exact) mass is 445 g/mol. The molecule has 3 heterocycles. The zero-order chi connectivity index (χ0) is 22.7. The second-order valence-corrected chi connectivity index (χ2v) is 7.33. The summed E-state index contributed by atoms with van der Waals surface area (Å²) in [6.07, 6.45) is -6.30. The summed E-state index contributed by atoms with van der Waals surface area (Å²) in [4.78, 5) is 17.9. The first kappa shape index (κ1) is 20.1. The first-order chi connectivity index (χ1) is 15.2. The lowest BCUT2D eigenvalue weighted by molar-refractivity contribution is -0.233. The molecule has 0 saturated carbocycles. The number of carbonyl (C=O) groups is 1. The van der Waals surface area contributed by atoms with E-state index >= 15 is 0 Å². The maximum absolute atomic E-state index is 14.1. The number of aromatic nitrogens is 1. The van der Waals surface area contributed by atoms with E-state index in [0.29, 0.717) is 5.56 Å². The van der Waals surface area contributed by atoms with Crippen LogP contribution in [0.25, 0.3) is 11.3 Å². The molecule has 2 atom stereocenters. The van der Waals surface area contributed by atoms with Crippen LogP contribution in [0.1, 0.15) is 16.9 Å². The number of para-hydroxylation sites is 1. The maximum Gasteiger partial charge on any atom is 0.422 e. The molecule has 0 saturated heterocycles. The molecule has 0 bridgehead atoms. The van der Waals surface area contributed by atoms with E-state index in [0.717, 1.165) is 4.90 Å².